The van der Waals surface area contributed by atoms with Crippen LogP contribution in [0.2, 0.25) is 0 Å². The molecule has 0 unspecified atom stereocenters. The zero-order valence-electron chi connectivity index (χ0n) is 10.8. The van der Waals surface area contributed by atoms with Crippen molar-refractivity contribution in [3.05, 3.63) is 42.1 Å². The Morgan fingerprint density at radius 1 is 1.37 bits per heavy atom. The minimum atomic E-state index is 0.506. The maximum absolute atomic E-state index is 5.71. The molecule has 0 saturated heterocycles. The summed E-state index contributed by atoms with van der Waals surface area (Å²) in [6.45, 7) is 2.64. The van der Waals surface area contributed by atoms with E-state index in [1.54, 1.807) is 18.6 Å². The molecule has 0 spiro atoms. The van der Waals surface area contributed by atoms with Crippen molar-refractivity contribution in [2.45, 2.75) is 32.4 Å². The van der Waals surface area contributed by atoms with Crippen LogP contribution in [0.4, 0.5) is 0 Å². The van der Waals surface area contributed by atoms with Crippen molar-refractivity contribution in [3.8, 4) is 11.6 Å². The summed E-state index contributed by atoms with van der Waals surface area (Å²) in [5, 5.41) is 3.40. The van der Waals surface area contributed by atoms with Crippen molar-refractivity contribution < 1.29 is 4.74 Å². The van der Waals surface area contributed by atoms with Gasteiger partial charge in [0.15, 0.2) is 5.75 Å². The van der Waals surface area contributed by atoms with E-state index < -0.39 is 0 Å². The van der Waals surface area contributed by atoms with Gasteiger partial charge < -0.3 is 10.1 Å². The highest BCUT2D eigenvalue weighted by Gasteiger charge is 2.20. The van der Waals surface area contributed by atoms with Gasteiger partial charge in [-0.15, -0.1) is 0 Å². The molecule has 1 saturated carbocycles. The number of rotatable bonds is 5. The maximum atomic E-state index is 5.71. The first kappa shape index (κ1) is 12.0. The Labute approximate surface area is 112 Å². The lowest BCUT2D eigenvalue weighted by molar-refractivity contribution is 0.450. The minimum Gasteiger partial charge on any atom is -0.436 e. The number of nitrogens with zero attached hydrogens (tertiary/aromatic N) is 3. The molecule has 5 nitrogen and oxygen atoms in total. The van der Waals surface area contributed by atoms with Crippen LogP contribution in [0, 0.1) is 6.92 Å². The second-order valence-electron chi connectivity index (χ2n) is 4.69. The third-order valence-electron chi connectivity index (χ3n) is 2.98. The molecule has 0 bridgehead atoms. The molecule has 1 aliphatic rings. The molecule has 19 heavy (non-hydrogen) atoms. The monoisotopic (exact) mass is 256 g/mol. The molecule has 3 rings (SSSR count). The van der Waals surface area contributed by atoms with Crippen molar-refractivity contribution in [2.24, 2.45) is 0 Å². The SMILES string of the molecule is Cc1ncccc1Oc1cncc(CNC2CC2)n1. The predicted molar refractivity (Wildman–Crippen MR) is 70.9 cm³/mol. The first-order chi connectivity index (χ1) is 9.31. The Morgan fingerprint density at radius 2 is 2.26 bits per heavy atom. The van der Waals surface area contributed by atoms with Gasteiger partial charge in [-0.2, -0.15) is 0 Å². The largest absolute Gasteiger partial charge is 0.436 e. The Morgan fingerprint density at radius 3 is 3.05 bits per heavy atom. The summed E-state index contributed by atoms with van der Waals surface area (Å²) in [5.74, 6) is 1.22. The molecular weight excluding hydrogens is 240 g/mol. The molecule has 5 heteroatoms. The zero-order chi connectivity index (χ0) is 13.1. The van der Waals surface area contributed by atoms with E-state index in [4.69, 9.17) is 4.74 Å². The minimum absolute atomic E-state index is 0.506. The Kier molecular flexibility index (Phi) is 3.37. The number of pyridine rings is 1. The van der Waals surface area contributed by atoms with E-state index in [1.165, 1.54) is 12.8 Å². The average molecular weight is 256 g/mol. The first-order valence-corrected chi connectivity index (χ1v) is 6.45. The molecule has 1 fully saturated rings. The maximum Gasteiger partial charge on any atom is 0.238 e. The number of ether oxygens (including phenoxy) is 1. The van der Waals surface area contributed by atoms with Crippen LogP contribution in [0.5, 0.6) is 11.6 Å². The second-order valence-corrected chi connectivity index (χ2v) is 4.69. The fourth-order valence-corrected chi connectivity index (χ4v) is 1.75. The van der Waals surface area contributed by atoms with Gasteiger partial charge in [0.1, 0.15) is 0 Å². The van der Waals surface area contributed by atoms with Crippen LogP contribution in [-0.2, 0) is 6.54 Å². The average Bonchev–Trinajstić information content (AvgIpc) is 3.24. The van der Waals surface area contributed by atoms with Crippen molar-refractivity contribution in [1.82, 2.24) is 20.3 Å². The van der Waals surface area contributed by atoms with Crippen molar-refractivity contribution in [3.63, 3.8) is 0 Å². The summed E-state index contributed by atoms with van der Waals surface area (Å²) in [4.78, 5) is 12.8. The van der Waals surface area contributed by atoms with E-state index >= 15 is 0 Å². The summed E-state index contributed by atoms with van der Waals surface area (Å²) < 4.78 is 5.71. The summed E-state index contributed by atoms with van der Waals surface area (Å²) >= 11 is 0. The molecule has 0 aliphatic heterocycles. The molecule has 2 aromatic heterocycles. The molecule has 0 atom stereocenters. The lowest BCUT2D eigenvalue weighted by atomic mass is 10.3. The quantitative estimate of drug-likeness (QED) is 0.888. The van der Waals surface area contributed by atoms with Crippen LogP contribution in [0.15, 0.2) is 30.7 Å². The van der Waals surface area contributed by atoms with Gasteiger partial charge >= 0.3 is 0 Å². The highest BCUT2D eigenvalue weighted by molar-refractivity contribution is 5.29. The highest BCUT2D eigenvalue weighted by Crippen LogP contribution is 2.22. The topological polar surface area (TPSA) is 59.9 Å². The van der Waals surface area contributed by atoms with Gasteiger partial charge in [-0.1, -0.05) is 0 Å². The molecule has 0 aromatic carbocycles. The van der Waals surface area contributed by atoms with Gasteiger partial charge in [0.05, 0.1) is 17.6 Å². The van der Waals surface area contributed by atoms with Gasteiger partial charge in [-0.25, -0.2) is 4.98 Å². The van der Waals surface area contributed by atoms with Crippen LogP contribution in [0.1, 0.15) is 24.2 Å². The van der Waals surface area contributed by atoms with E-state index in [-0.39, 0.29) is 0 Å². The lowest BCUT2D eigenvalue weighted by Crippen LogP contribution is -2.16. The van der Waals surface area contributed by atoms with Crippen LogP contribution in [0.3, 0.4) is 0 Å². The predicted octanol–water partition coefficient (Wildman–Crippen LogP) is 2.22. The lowest BCUT2D eigenvalue weighted by Gasteiger charge is -2.08. The Bertz CT molecular complexity index is 569. The molecular formula is C14H16N4O. The van der Waals surface area contributed by atoms with E-state index in [2.05, 4.69) is 20.3 Å². The summed E-state index contributed by atoms with van der Waals surface area (Å²) in [7, 11) is 0. The molecule has 1 N–H and O–H groups in total. The number of hydrogen-bond donors (Lipinski definition) is 1. The molecule has 1 aliphatic carbocycles. The van der Waals surface area contributed by atoms with Gasteiger partial charge in [0.25, 0.3) is 0 Å². The van der Waals surface area contributed by atoms with Crippen LogP contribution in [0.25, 0.3) is 0 Å². The van der Waals surface area contributed by atoms with Crippen LogP contribution < -0.4 is 10.1 Å². The molecule has 2 aromatic rings. The van der Waals surface area contributed by atoms with Gasteiger partial charge in [-0.05, 0) is 31.9 Å². The van der Waals surface area contributed by atoms with E-state index in [9.17, 15) is 0 Å². The third-order valence-corrected chi connectivity index (χ3v) is 2.98. The molecule has 2 heterocycles. The van der Waals surface area contributed by atoms with E-state index in [1.807, 2.05) is 19.1 Å². The van der Waals surface area contributed by atoms with Crippen LogP contribution >= 0.6 is 0 Å². The Balaban J connectivity index is 1.70. The second kappa shape index (κ2) is 5.32. The normalized spacial score (nSPS) is 14.4. The fraction of sp³-hybridized carbons (Fsp3) is 0.357. The standard InChI is InChI=1S/C14H16N4O/c1-10-13(3-2-6-16-10)19-14-9-15-7-12(18-14)8-17-11-4-5-11/h2-3,6-7,9,11,17H,4-5,8H2,1H3. The van der Waals surface area contributed by atoms with Gasteiger partial charge in [0, 0.05) is 25.0 Å². The zero-order valence-corrected chi connectivity index (χ0v) is 10.8. The summed E-state index contributed by atoms with van der Waals surface area (Å²) in [6, 6.07) is 4.37. The highest BCUT2D eigenvalue weighted by atomic mass is 16.5. The van der Waals surface area contributed by atoms with Gasteiger partial charge in [0.2, 0.25) is 5.88 Å². The van der Waals surface area contributed by atoms with Crippen molar-refractivity contribution in [1.29, 1.82) is 0 Å². The van der Waals surface area contributed by atoms with Crippen LogP contribution in [-0.4, -0.2) is 21.0 Å². The molecule has 0 amide bonds. The molecule has 98 valence electrons. The smallest absolute Gasteiger partial charge is 0.238 e. The molecule has 0 radical (unpaired) electrons. The number of hydrogen-bond acceptors (Lipinski definition) is 5. The first-order valence-electron chi connectivity index (χ1n) is 6.45. The summed E-state index contributed by atoms with van der Waals surface area (Å²) in [5.41, 5.74) is 1.73. The van der Waals surface area contributed by atoms with Crippen molar-refractivity contribution >= 4 is 0 Å². The van der Waals surface area contributed by atoms with E-state index in [0.29, 0.717) is 17.7 Å². The number of aryl methyl sites for hydroxylation is 1. The van der Waals surface area contributed by atoms with E-state index in [0.717, 1.165) is 17.9 Å². The fourth-order valence-electron chi connectivity index (χ4n) is 1.75. The number of aromatic nitrogens is 3. The van der Waals surface area contributed by atoms with Crippen molar-refractivity contribution in [2.75, 3.05) is 0 Å². The number of nitrogens with one attached hydrogen (secondary N) is 1. The third kappa shape index (κ3) is 3.26. The Hall–Kier alpha value is -2.01. The summed E-state index contributed by atoms with van der Waals surface area (Å²) in [6.07, 6.45) is 7.65. The van der Waals surface area contributed by atoms with Gasteiger partial charge in [-0.3, -0.25) is 9.97 Å².